The van der Waals surface area contributed by atoms with Crippen LogP contribution in [0.2, 0.25) is 0 Å². The Hall–Kier alpha value is -2.58. The van der Waals surface area contributed by atoms with Crippen molar-refractivity contribution >= 4 is 17.5 Å². The molecule has 0 spiro atoms. The summed E-state index contributed by atoms with van der Waals surface area (Å²) in [6.07, 6.45) is 14.1. The van der Waals surface area contributed by atoms with Gasteiger partial charge in [0.05, 0.1) is 28.6 Å². The van der Waals surface area contributed by atoms with Crippen molar-refractivity contribution in [2.45, 2.75) is 82.0 Å². The number of hydrogen-bond donors (Lipinski definition) is 3. The summed E-state index contributed by atoms with van der Waals surface area (Å²) in [6, 6.07) is 0.299. The van der Waals surface area contributed by atoms with Crippen LogP contribution in [0.3, 0.4) is 0 Å². The van der Waals surface area contributed by atoms with Crippen LogP contribution in [0.25, 0.3) is 17.5 Å². The second-order valence-corrected chi connectivity index (χ2v) is 11.7. The highest BCUT2D eigenvalue weighted by molar-refractivity contribution is 5.94. The Kier molecular flexibility index (Phi) is 4.93. The van der Waals surface area contributed by atoms with E-state index < -0.39 is 5.60 Å². The van der Waals surface area contributed by atoms with Crippen molar-refractivity contribution in [3.8, 4) is 11.4 Å². The van der Waals surface area contributed by atoms with Gasteiger partial charge in [0.2, 0.25) is 11.6 Å². The van der Waals surface area contributed by atoms with Crippen molar-refractivity contribution in [2.24, 2.45) is 23.7 Å². The van der Waals surface area contributed by atoms with Gasteiger partial charge in [0.25, 0.3) is 5.89 Å². The zero-order chi connectivity index (χ0) is 23.7. The molecule has 6 aliphatic rings. The van der Waals surface area contributed by atoms with E-state index in [4.69, 9.17) is 4.52 Å². The third-order valence-corrected chi connectivity index (χ3v) is 9.29. The molecule has 3 unspecified atom stereocenters. The summed E-state index contributed by atoms with van der Waals surface area (Å²) in [5.74, 6) is 1.67. The lowest BCUT2D eigenvalue weighted by atomic mass is 9.52. The molecular formula is C27H32N4O4. The average Bonchev–Trinajstić information content (AvgIpc) is 3.50. The normalized spacial score (nSPS) is 37.0. The first-order chi connectivity index (χ1) is 17.0. The van der Waals surface area contributed by atoms with Crippen LogP contribution < -0.4 is 5.32 Å². The van der Waals surface area contributed by atoms with Gasteiger partial charge in [0.1, 0.15) is 0 Å². The fourth-order valence-corrected chi connectivity index (χ4v) is 7.85. The SMILES string of the molecule is O=C(c1nc(-c2cnc3c(c2NC2[C@@H]4CC5C[C@H]2CC(O)(C5)C4)C=CC3)no1)C1CCC(O)CC1. The van der Waals surface area contributed by atoms with Crippen molar-refractivity contribution in [3.63, 3.8) is 0 Å². The number of aliphatic hydroxyl groups excluding tert-OH is 1. The molecule has 0 amide bonds. The Morgan fingerprint density at radius 1 is 1.11 bits per heavy atom. The lowest BCUT2D eigenvalue weighted by Crippen LogP contribution is -2.59. The number of aromatic nitrogens is 3. The van der Waals surface area contributed by atoms with Crippen LogP contribution in [0.1, 0.15) is 79.7 Å². The number of anilines is 1. The first-order valence-corrected chi connectivity index (χ1v) is 13.2. The number of nitrogens with zero attached hydrogens (tertiary/aromatic N) is 3. The van der Waals surface area contributed by atoms with Crippen LogP contribution in [0.5, 0.6) is 0 Å². The van der Waals surface area contributed by atoms with Crippen LogP contribution in [0.15, 0.2) is 16.8 Å². The van der Waals surface area contributed by atoms with Gasteiger partial charge in [-0.25, -0.2) is 0 Å². The molecule has 2 heterocycles. The van der Waals surface area contributed by atoms with E-state index in [0.717, 1.165) is 48.2 Å². The molecule has 0 aliphatic heterocycles. The number of carbonyl (C=O) groups is 1. The largest absolute Gasteiger partial charge is 0.393 e. The number of aliphatic hydroxyl groups is 2. The molecule has 8 nitrogen and oxygen atoms in total. The second kappa shape index (κ2) is 7.96. The fraction of sp³-hybridized carbons (Fsp3) is 0.630. The third kappa shape index (κ3) is 3.64. The summed E-state index contributed by atoms with van der Waals surface area (Å²) in [5.41, 5.74) is 3.34. The predicted octanol–water partition coefficient (Wildman–Crippen LogP) is 3.79. The first kappa shape index (κ1) is 21.7. The van der Waals surface area contributed by atoms with Gasteiger partial charge in [-0.2, -0.15) is 4.98 Å². The Balaban J connectivity index is 1.20. The van der Waals surface area contributed by atoms with Crippen LogP contribution in [-0.4, -0.2) is 48.9 Å². The molecule has 0 saturated heterocycles. The fourth-order valence-electron chi connectivity index (χ4n) is 7.85. The molecule has 184 valence electrons. The Morgan fingerprint density at radius 2 is 1.89 bits per heavy atom. The Bertz CT molecular complexity index is 1180. The van der Waals surface area contributed by atoms with E-state index in [9.17, 15) is 15.0 Å². The maximum Gasteiger partial charge on any atom is 0.294 e. The van der Waals surface area contributed by atoms with Gasteiger partial charge in [-0.1, -0.05) is 17.3 Å². The van der Waals surface area contributed by atoms with Gasteiger partial charge in [0, 0.05) is 30.1 Å². The summed E-state index contributed by atoms with van der Waals surface area (Å²) in [7, 11) is 0. The van der Waals surface area contributed by atoms with Crippen LogP contribution in [-0.2, 0) is 6.42 Å². The molecule has 0 radical (unpaired) electrons. The quantitative estimate of drug-likeness (QED) is 0.558. The Morgan fingerprint density at radius 3 is 2.63 bits per heavy atom. The second-order valence-electron chi connectivity index (χ2n) is 11.7. The third-order valence-electron chi connectivity index (χ3n) is 9.29. The first-order valence-electron chi connectivity index (χ1n) is 13.2. The van der Waals surface area contributed by atoms with Crippen molar-refractivity contribution < 1.29 is 19.5 Å². The molecule has 4 bridgehead atoms. The molecule has 5 saturated carbocycles. The number of Topliss-reactive ketones (excluding diaryl/α,β-unsaturated/α-hetero) is 1. The summed E-state index contributed by atoms with van der Waals surface area (Å²) in [4.78, 5) is 22.2. The molecular weight excluding hydrogens is 444 g/mol. The number of carbonyl (C=O) groups excluding carboxylic acids is 1. The van der Waals surface area contributed by atoms with E-state index in [1.54, 1.807) is 6.20 Å². The van der Waals surface area contributed by atoms with Crippen molar-refractivity contribution in [1.29, 1.82) is 0 Å². The molecule has 5 atom stereocenters. The van der Waals surface area contributed by atoms with Gasteiger partial charge >= 0.3 is 0 Å². The summed E-state index contributed by atoms with van der Waals surface area (Å²) in [6.45, 7) is 0. The van der Waals surface area contributed by atoms with Gasteiger partial charge in [0.15, 0.2) is 0 Å². The number of nitrogens with one attached hydrogen (secondary N) is 1. The molecule has 2 aromatic rings. The molecule has 2 aromatic heterocycles. The van der Waals surface area contributed by atoms with E-state index in [1.807, 2.05) is 0 Å². The minimum absolute atomic E-state index is 0.0419. The average molecular weight is 477 g/mol. The minimum Gasteiger partial charge on any atom is -0.393 e. The van der Waals surface area contributed by atoms with Crippen molar-refractivity contribution in [2.75, 3.05) is 5.32 Å². The van der Waals surface area contributed by atoms with E-state index in [1.165, 1.54) is 12.8 Å². The lowest BCUT2D eigenvalue weighted by molar-refractivity contribution is -0.129. The lowest BCUT2D eigenvalue weighted by Gasteiger charge is -2.58. The number of ketones is 1. The van der Waals surface area contributed by atoms with Crippen molar-refractivity contribution in [1.82, 2.24) is 15.1 Å². The van der Waals surface area contributed by atoms with Gasteiger partial charge < -0.3 is 20.1 Å². The minimum atomic E-state index is -0.476. The van der Waals surface area contributed by atoms with Crippen LogP contribution in [0.4, 0.5) is 5.69 Å². The number of fused-ring (bicyclic) bond motifs is 1. The molecule has 35 heavy (non-hydrogen) atoms. The summed E-state index contributed by atoms with van der Waals surface area (Å²) >= 11 is 0. The zero-order valence-corrected chi connectivity index (χ0v) is 19.8. The number of pyridine rings is 1. The number of rotatable bonds is 5. The predicted molar refractivity (Wildman–Crippen MR) is 128 cm³/mol. The van der Waals surface area contributed by atoms with Gasteiger partial charge in [-0.15, -0.1) is 0 Å². The van der Waals surface area contributed by atoms with Crippen LogP contribution >= 0.6 is 0 Å². The smallest absolute Gasteiger partial charge is 0.294 e. The van der Waals surface area contributed by atoms with Gasteiger partial charge in [-0.05, 0) is 75.5 Å². The molecule has 8 heteroatoms. The topological polar surface area (TPSA) is 121 Å². The molecule has 8 rings (SSSR count). The number of hydrogen-bond acceptors (Lipinski definition) is 8. The van der Waals surface area contributed by atoms with E-state index in [0.29, 0.717) is 55.3 Å². The molecule has 0 aromatic carbocycles. The van der Waals surface area contributed by atoms with E-state index >= 15 is 0 Å². The molecule has 5 fully saturated rings. The van der Waals surface area contributed by atoms with Gasteiger partial charge in [-0.3, -0.25) is 9.78 Å². The maximum atomic E-state index is 13.0. The van der Waals surface area contributed by atoms with E-state index in [-0.39, 0.29) is 23.7 Å². The summed E-state index contributed by atoms with van der Waals surface area (Å²) < 4.78 is 5.45. The molecule has 3 N–H and O–H groups in total. The number of allylic oxidation sites excluding steroid dienone is 1. The highest BCUT2D eigenvalue weighted by Crippen LogP contribution is 2.56. The highest BCUT2D eigenvalue weighted by atomic mass is 16.5. The monoisotopic (exact) mass is 476 g/mol. The maximum absolute atomic E-state index is 13.0. The zero-order valence-electron chi connectivity index (χ0n) is 19.8. The highest BCUT2D eigenvalue weighted by Gasteiger charge is 2.55. The van der Waals surface area contributed by atoms with Crippen LogP contribution in [0, 0.1) is 23.7 Å². The summed E-state index contributed by atoms with van der Waals surface area (Å²) in [5, 5.41) is 28.9. The van der Waals surface area contributed by atoms with Crippen molar-refractivity contribution in [3.05, 3.63) is 29.4 Å². The van der Waals surface area contributed by atoms with E-state index in [2.05, 4.69) is 32.6 Å². The molecule has 6 aliphatic carbocycles. The Labute approximate surface area is 204 Å². The standard InChI is InChI=1S/C27H32N4O4/c32-18-6-4-15(5-7-18)24(33)26-30-25(31-35-26)20-13-28-21-3-1-2-19(21)23(20)29-22-16-8-14-9-17(22)12-27(34,10-14)11-16/h1-2,13-18,22,32,34H,3-12H2,(H,28,29)/t14?,15?,16-,17+,18?,22?,27?.